The number of hydrogen-bond acceptors (Lipinski definition) is 6. The third-order valence-electron chi connectivity index (χ3n) is 8.66. The Hall–Kier alpha value is -3.21. The standard InChI is InChI=1S/C28H33F3N6O2/c1-16-33-23-21(25(34-16)32-12-18-4-3-5-20(22(18)29)24(30)31)14-37(27(39)28(23)9-11-35(2)15-28)19-8-10-36(13-19)26(38)17-6-7-17/h3-5,17,19,24H,6-15H2,1-2H3,(H,32,33,34). The predicted octanol–water partition coefficient (Wildman–Crippen LogP) is 3.40. The molecule has 3 fully saturated rings. The number of likely N-dealkylation sites (tertiary alicyclic amines) is 2. The maximum absolute atomic E-state index is 14.8. The Kier molecular flexibility index (Phi) is 6.52. The zero-order chi connectivity index (χ0) is 27.5. The van der Waals surface area contributed by atoms with Gasteiger partial charge in [-0.3, -0.25) is 9.59 Å². The van der Waals surface area contributed by atoms with Crippen LogP contribution in [0, 0.1) is 18.7 Å². The summed E-state index contributed by atoms with van der Waals surface area (Å²) < 4.78 is 41.3. The second-order valence-corrected chi connectivity index (χ2v) is 11.4. The van der Waals surface area contributed by atoms with E-state index in [1.54, 1.807) is 6.92 Å². The lowest BCUT2D eigenvalue weighted by Gasteiger charge is -2.43. The van der Waals surface area contributed by atoms with E-state index in [4.69, 9.17) is 4.98 Å². The molecule has 1 N–H and O–H groups in total. The number of nitrogens with one attached hydrogen (secondary N) is 1. The number of aryl methyl sites for hydroxylation is 1. The van der Waals surface area contributed by atoms with Gasteiger partial charge in [0.15, 0.2) is 0 Å². The molecule has 6 rings (SSSR count). The summed E-state index contributed by atoms with van der Waals surface area (Å²) in [4.78, 5) is 42.2. The monoisotopic (exact) mass is 542 g/mol. The van der Waals surface area contributed by atoms with Gasteiger partial charge in [0, 0.05) is 43.2 Å². The van der Waals surface area contributed by atoms with Crippen LogP contribution in [0.5, 0.6) is 0 Å². The van der Waals surface area contributed by atoms with Gasteiger partial charge >= 0.3 is 0 Å². The number of alkyl halides is 2. The van der Waals surface area contributed by atoms with Gasteiger partial charge in [0.25, 0.3) is 6.43 Å². The molecule has 1 aromatic carbocycles. The zero-order valence-electron chi connectivity index (χ0n) is 22.2. The molecule has 39 heavy (non-hydrogen) atoms. The molecule has 3 aliphatic heterocycles. The summed E-state index contributed by atoms with van der Waals surface area (Å²) in [6.07, 6.45) is 0.308. The number of nitrogens with zero attached hydrogens (tertiary/aromatic N) is 5. The van der Waals surface area contributed by atoms with Crippen LogP contribution in [-0.4, -0.2) is 75.8 Å². The van der Waals surface area contributed by atoms with E-state index in [2.05, 4.69) is 15.2 Å². The number of rotatable bonds is 6. The molecule has 0 bridgehead atoms. The first-order valence-corrected chi connectivity index (χ1v) is 13.6. The van der Waals surface area contributed by atoms with Gasteiger partial charge in [0.2, 0.25) is 11.8 Å². The Labute approximate surface area is 225 Å². The molecule has 208 valence electrons. The molecule has 11 heteroatoms. The molecule has 4 heterocycles. The number of fused-ring (bicyclic) bond motifs is 2. The fourth-order valence-electron chi connectivity index (χ4n) is 6.44. The van der Waals surface area contributed by atoms with Crippen molar-refractivity contribution in [2.24, 2.45) is 5.92 Å². The van der Waals surface area contributed by atoms with Gasteiger partial charge in [0.05, 0.1) is 23.8 Å². The average molecular weight is 543 g/mol. The molecule has 2 unspecified atom stereocenters. The first kappa shape index (κ1) is 26.0. The largest absolute Gasteiger partial charge is 0.365 e. The van der Waals surface area contributed by atoms with E-state index in [0.717, 1.165) is 31.0 Å². The third-order valence-corrected chi connectivity index (χ3v) is 8.66. The zero-order valence-corrected chi connectivity index (χ0v) is 22.2. The smallest absolute Gasteiger partial charge is 0.266 e. The highest BCUT2D eigenvalue weighted by molar-refractivity contribution is 5.91. The second kappa shape index (κ2) is 9.76. The van der Waals surface area contributed by atoms with Crippen LogP contribution >= 0.6 is 0 Å². The lowest BCUT2D eigenvalue weighted by molar-refractivity contribution is -0.142. The Balaban J connectivity index is 1.33. The fraction of sp³-hybridized carbons (Fsp3) is 0.571. The second-order valence-electron chi connectivity index (χ2n) is 11.4. The van der Waals surface area contributed by atoms with Crippen molar-refractivity contribution in [3.8, 4) is 0 Å². The van der Waals surface area contributed by atoms with Crippen molar-refractivity contribution in [1.82, 2.24) is 24.7 Å². The van der Waals surface area contributed by atoms with Gasteiger partial charge in [0.1, 0.15) is 22.9 Å². The summed E-state index contributed by atoms with van der Waals surface area (Å²) >= 11 is 0. The van der Waals surface area contributed by atoms with E-state index in [0.29, 0.717) is 49.8 Å². The van der Waals surface area contributed by atoms with E-state index < -0.39 is 23.2 Å². The van der Waals surface area contributed by atoms with Crippen molar-refractivity contribution >= 4 is 17.6 Å². The van der Waals surface area contributed by atoms with Crippen LogP contribution in [0.2, 0.25) is 0 Å². The maximum Gasteiger partial charge on any atom is 0.266 e. The topological polar surface area (TPSA) is 81.7 Å². The number of aromatic nitrogens is 2. The van der Waals surface area contributed by atoms with Gasteiger partial charge in [-0.25, -0.2) is 23.1 Å². The van der Waals surface area contributed by atoms with Crippen LogP contribution < -0.4 is 5.32 Å². The predicted molar refractivity (Wildman–Crippen MR) is 138 cm³/mol. The molecular formula is C28H33F3N6O2. The SMILES string of the molecule is Cc1nc(NCc2cccc(C(F)F)c2F)c2c(n1)C1(CCN(C)C1)C(=O)N(C1CCN(C(=O)C3CC3)C1)C2. The highest BCUT2D eigenvalue weighted by Gasteiger charge is 2.54. The number of anilines is 1. The van der Waals surface area contributed by atoms with Gasteiger partial charge in [-0.05, 0) is 46.2 Å². The quantitative estimate of drug-likeness (QED) is 0.603. The van der Waals surface area contributed by atoms with Crippen LogP contribution in [0.3, 0.4) is 0 Å². The van der Waals surface area contributed by atoms with Crippen molar-refractivity contribution in [1.29, 1.82) is 0 Å². The number of benzene rings is 1. The molecule has 2 aromatic rings. The lowest BCUT2D eigenvalue weighted by Crippen LogP contribution is -2.56. The van der Waals surface area contributed by atoms with E-state index in [9.17, 15) is 22.8 Å². The van der Waals surface area contributed by atoms with Crippen LogP contribution in [0.15, 0.2) is 18.2 Å². The van der Waals surface area contributed by atoms with Crippen molar-refractivity contribution in [2.45, 2.75) is 63.6 Å². The Morgan fingerprint density at radius 2 is 2.00 bits per heavy atom. The fourth-order valence-corrected chi connectivity index (χ4v) is 6.44. The third kappa shape index (κ3) is 4.54. The molecular weight excluding hydrogens is 509 g/mol. The van der Waals surface area contributed by atoms with Gasteiger partial charge in [-0.1, -0.05) is 18.2 Å². The Morgan fingerprint density at radius 1 is 1.21 bits per heavy atom. The van der Waals surface area contributed by atoms with Gasteiger partial charge in [-0.15, -0.1) is 0 Å². The number of hydrogen-bond donors (Lipinski definition) is 1. The summed E-state index contributed by atoms with van der Waals surface area (Å²) in [7, 11) is 1.98. The lowest BCUT2D eigenvalue weighted by atomic mass is 9.76. The Morgan fingerprint density at radius 3 is 2.69 bits per heavy atom. The Bertz CT molecular complexity index is 1320. The molecule has 1 saturated carbocycles. The van der Waals surface area contributed by atoms with E-state index >= 15 is 0 Å². The summed E-state index contributed by atoms with van der Waals surface area (Å²) in [6, 6.07) is 3.87. The number of halogens is 3. The molecule has 2 amide bonds. The van der Waals surface area contributed by atoms with Crippen LogP contribution in [0.25, 0.3) is 0 Å². The highest BCUT2D eigenvalue weighted by atomic mass is 19.3. The minimum absolute atomic E-state index is 0.0322. The van der Waals surface area contributed by atoms with Crippen LogP contribution in [0.4, 0.5) is 19.0 Å². The summed E-state index contributed by atoms with van der Waals surface area (Å²) in [5, 5.41) is 3.18. The molecule has 8 nitrogen and oxygen atoms in total. The minimum Gasteiger partial charge on any atom is -0.365 e. The molecule has 1 aliphatic carbocycles. The molecule has 2 atom stereocenters. The maximum atomic E-state index is 14.8. The number of carbonyl (C=O) groups excluding carboxylic acids is 2. The first-order chi connectivity index (χ1) is 18.7. The number of likely N-dealkylation sites (N-methyl/N-ethyl adjacent to an activating group) is 1. The summed E-state index contributed by atoms with van der Waals surface area (Å²) in [6.45, 7) is 4.41. The van der Waals surface area contributed by atoms with Crippen molar-refractivity contribution in [3.05, 3.63) is 52.2 Å². The van der Waals surface area contributed by atoms with Crippen molar-refractivity contribution in [2.75, 3.05) is 38.5 Å². The van der Waals surface area contributed by atoms with Gasteiger partial charge < -0.3 is 20.0 Å². The summed E-state index contributed by atoms with van der Waals surface area (Å²) in [5.41, 5.74) is 0.108. The molecule has 2 saturated heterocycles. The molecule has 1 aromatic heterocycles. The average Bonchev–Trinajstić information content (AvgIpc) is 3.51. The van der Waals surface area contributed by atoms with Crippen LogP contribution in [0.1, 0.15) is 60.3 Å². The molecule has 0 radical (unpaired) electrons. The van der Waals surface area contributed by atoms with E-state index in [-0.39, 0.29) is 42.4 Å². The first-order valence-electron chi connectivity index (χ1n) is 13.6. The summed E-state index contributed by atoms with van der Waals surface area (Å²) in [5.74, 6) is 0.381. The van der Waals surface area contributed by atoms with Crippen LogP contribution in [-0.2, 0) is 28.1 Å². The molecule has 1 spiro atoms. The van der Waals surface area contributed by atoms with Gasteiger partial charge in [-0.2, -0.15) is 0 Å². The van der Waals surface area contributed by atoms with Crippen molar-refractivity contribution < 1.29 is 22.8 Å². The normalized spacial score (nSPS) is 25.2. The number of amides is 2. The minimum atomic E-state index is -2.91. The van der Waals surface area contributed by atoms with E-state index in [1.165, 1.54) is 12.1 Å². The number of carbonyl (C=O) groups is 2. The van der Waals surface area contributed by atoms with Crippen molar-refractivity contribution in [3.63, 3.8) is 0 Å². The van der Waals surface area contributed by atoms with E-state index in [1.807, 2.05) is 16.8 Å². The highest BCUT2D eigenvalue weighted by Crippen LogP contribution is 2.44. The molecule has 4 aliphatic rings.